The Bertz CT molecular complexity index is 234. The lowest BCUT2D eigenvalue weighted by Gasteiger charge is -2.22. The molecule has 0 spiro atoms. The Hall–Kier alpha value is -0.650. The van der Waals surface area contributed by atoms with Gasteiger partial charge in [-0.15, -0.1) is 0 Å². The second-order valence-corrected chi connectivity index (χ2v) is 4.66. The van der Waals surface area contributed by atoms with Crippen LogP contribution in [0.2, 0.25) is 0 Å². The van der Waals surface area contributed by atoms with Gasteiger partial charge in [0.1, 0.15) is 6.61 Å². The summed E-state index contributed by atoms with van der Waals surface area (Å²) in [5.74, 6) is 0.0737. The largest absolute Gasteiger partial charge is 0.395 e. The number of carbonyl (C=O) groups excluding carboxylic acids is 1. The summed E-state index contributed by atoms with van der Waals surface area (Å²) in [6.07, 6.45) is 1.06. The molecule has 0 radical (unpaired) electrons. The molecule has 1 rings (SSSR count). The highest BCUT2D eigenvalue weighted by Gasteiger charge is 2.18. The summed E-state index contributed by atoms with van der Waals surface area (Å²) in [5.41, 5.74) is 0. The summed E-state index contributed by atoms with van der Waals surface area (Å²) in [6.45, 7) is 8.25. The summed E-state index contributed by atoms with van der Waals surface area (Å²) in [4.78, 5) is 15.9. The Labute approximate surface area is 103 Å². The molecule has 0 unspecified atom stereocenters. The minimum Gasteiger partial charge on any atom is -0.395 e. The first-order valence-electron chi connectivity index (χ1n) is 6.36. The minimum atomic E-state index is 0.0737. The lowest BCUT2D eigenvalue weighted by atomic mass is 10.3. The fourth-order valence-electron chi connectivity index (χ4n) is 1.91. The zero-order valence-corrected chi connectivity index (χ0v) is 10.9. The molecule has 100 valence electrons. The number of ether oxygens (including phenoxy) is 1. The molecule has 1 saturated heterocycles. The molecule has 1 aliphatic heterocycles. The van der Waals surface area contributed by atoms with Crippen molar-refractivity contribution in [2.24, 2.45) is 0 Å². The summed E-state index contributed by atoms with van der Waals surface area (Å²) < 4.78 is 5.33. The third-order valence-electron chi connectivity index (χ3n) is 2.90. The summed E-state index contributed by atoms with van der Waals surface area (Å²) in [6, 6.07) is 0. The number of nitrogens with zero attached hydrogens (tertiary/aromatic N) is 2. The summed E-state index contributed by atoms with van der Waals surface area (Å²) >= 11 is 0. The predicted octanol–water partition coefficient (Wildman–Crippen LogP) is -0.0620. The maximum Gasteiger partial charge on any atom is 0.248 e. The van der Waals surface area contributed by atoms with E-state index >= 15 is 0 Å². The van der Waals surface area contributed by atoms with Crippen molar-refractivity contribution in [2.45, 2.75) is 26.4 Å². The van der Waals surface area contributed by atoms with Gasteiger partial charge >= 0.3 is 0 Å². The second kappa shape index (κ2) is 7.63. The van der Waals surface area contributed by atoms with Gasteiger partial charge in [-0.25, -0.2) is 0 Å². The Morgan fingerprint density at radius 3 is 2.71 bits per heavy atom. The van der Waals surface area contributed by atoms with Crippen LogP contribution in [0.3, 0.4) is 0 Å². The molecule has 0 atom stereocenters. The Kier molecular flexibility index (Phi) is 6.47. The highest BCUT2D eigenvalue weighted by molar-refractivity contribution is 5.77. The van der Waals surface area contributed by atoms with Crippen molar-refractivity contribution in [3.8, 4) is 0 Å². The maximum absolute atomic E-state index is 11.9. The molecule has 5 heteroatoms. The van der Waals surface area contributed by atoms with E-state index in [9.17, 15) is 4.79 Å². The number of hydrogen-bond donors (Lipinski definition) is 1. The molecule has 0 bridgehead atoms. The number of carbonyl (C=O) groups is 1. The van der Waals surface area contributed by atoms with E-state index in [1.54, 1.807) is 0 Å². The van der Waals surface area contributed by atoms with Crippen LogP contribution in [0.5, 0.6) is 0 Å². The fraction of sp³-hybridized carbons (Fsp3) is 0.917. The first-order chi connectivity index (χ1) is 8.13. The van der Waals surface area contributed by atoms with Gasteiger partial charge in [-0.2, -0.15) is 0 Å². The van der Waals surface area contributed by atoms with Crippen molar-refractivity contribution in [1.29, 1.82) is 0 Å². The van der Waals surface area contributed by atoms with Crippen LogP contribution >= 0.6 is 0 Å². The highest BCUT2D eigenvalue weighted by atomic mass is 16.5. The SMILES string of the molecule is CC(C)OCC(=O)N1CCCN(CCO)CC1. The van der Waals surface area contributed by atoms with Gasteiger partial charge in [0.2, 0.25) is 5.91 Å². The van der Waals surface area contributed by atoms with Crippen LogP contribution in [0, 0.1) is 0 Å². The third kappa shape index (κ3) is 5.48. The van der Waals surface area contributed by atoms with Crippen LogP contribution in [-0.2, 0) is 9.53 Å². The normalized spacial score (nSPS) is 18.5. The molecule has 0 saturated carbocycles. The van der Waals surface area contributed by atoms with E-state index in [2.05, 4.69) is 4.90 Å². The lowest BCUT2D eigenvalue weighted by molar-refractivity contribution is -0.137. The topological polar surface area (TPSA) is 53.0 Å². The van der Waals surface area contributed by atoms with Crippen molar-refractivity contribution in [3.05, 3.63) is 0 Å². The quantitative estimate of drug-likeness (QED) is 0.736. The highest BCUT2D eigenvalue weighted by Crippen LogP contribution is 2.03. The Balaban J connectivity index is 2.32. The van der Waals surface area contributed by atoms with E-state index in [1.165, 1.54) is 0 Å². The van der Waals surface area contributed by atoms with E-state index in [4.69, 9.17) is 9.84 Å². The zero-order valence-electron chi connectivity index (χ0n) is 10.9. The molecule has 0 aromatic heterocycles. The van der Waals surface area contributed by atoms with Crippen LogP contribution in [0.25, 0.3) is 0 Å². The number of aliphatic hydroxyl groups is 1. The molecule has 0 aliphatic carbocycles. The van der Waals surface area contributed by atoms with Crippen LogP contribution in [-0.4, -0.2) is 72.9 Å². The first kappa shape index (κ1) is 14.4. The molecule has 1 heterocycles. The smallest absolute Gasteiger partial charge is 0.248 e. The fourth-order valence-corrected chi connectivity index (χ4v) is 1.91. The van der Waals surface area contributed by atoms with Gasteiger partial charge in [-0.3, -0.25) is 9.69 Å². The average molecular weight is 244 g/mol. The molecular formula is C12H24N2O3. The molecule has 1 fully saturated rings. The van der Waals surface area contributed by atoms with E-state index in [1.807, 2.05) is 18.7 Å². The summed E-state index contributed by atoms with van der Waals surface area (Å²) in [7, 11) is 0. The zero-order chi connectivity index (χ0) is 12.7. The van der Waals surface area contributed by atoms with Crippen LogP contribution in [0.1, 0.15) is 20.3 Å². The number of amides is 1. The van der Waals surface area contributed by atoms with E-state index in [0.717, 1.165) is 32.6 Å². The van der Waals surface area contributed by atoms with Crippen molar-refractivity contribution in [2.75, 3.05) is 45.9 Å². The van der Waals surface area contributed by atoms with Gasteiger partial charge < -0.3 is 14.7 Å². The maximum atomic E-state index is 11.9. The molecule has 17 heavy (non-hydrogen) atoms. The van der Waals surface area contributed by atoms with Crippen LogP contribution in [0.4, 0.5) is 0 Å². The van der Waals surface area contributed by atoms with Crippen molar-refractivity contribution < 1.29 is 14.6 Å². The summed E-state index contributed by atoms with van der Waals surface area (Å²) in [5, 5.41) is 8.89. The van der Waals surface area contributed by atoms with E-state index in [-0.39, 0.29) is 25.2 Å². The van der Waals surface area contributed by atoms with Gasteiger partial charge in [0.05, 0.1) is 12.7 Å². The minimum absolute atomic E-state index is 0.0737. The molecule has 0 aromatic rings. The van der Waals surface area contributed by atoms with E-state index < -0.39 is 0 Å². The molecular weight excluding hydrogens is 220 g/mol. The predicted molar refractivity (Wildman–Crippen MR) is 65.8 cm³/mol. The van der Waals surface area contributed by atoms with Crippen LogP contribution < -0.4 is 0 Å². The molecule has 1 amide bonds. The number of aliphatic hydroxyl groups excluding tert-OH is 1. The number of β-amino-alcohol motifs (C(OH)–C–C–N with tert-alkyl or cyclic N) is 1. The van der Waals surface area contributed by atoms with Crippen LogP contribution in [0.15, 0.2) is 0 Å². The number of rotatable bonds is 5. The number of hydrogen-bond acceptors (Lipinski definition) is 4. The van der Waals surface area contributed by atoms with Gasteiger partial charge in [-0.05, 0) is 26.8 Å². The lowest BCUT2D eigenvalue weighted by Crippen LogP contribution is -2.38. The molecule has 1 aliphatic rings. The first-order valence-corrected chi connectivity index (χ1v) is 6.36. The van der Waals surface area contributed by atoms with Gasteiger partial charge in [-0.1, -0.05) is 0 Å². The molecule has 1 N–H and O–H groups in total. The Morgan fingerprint density at radius 1 is 1.29 bits per heavy atom. The third-order valence-corrected chi connectivity index (χ3v) is 2.90. The van der Waals surface area contributed by atoms with E-state index in [0.29, 0.717) is 6.54 Å². The average Bonchev–Trinajstić information content (AvgIpc) is 2.52. The second-order valence-electron chi connectivity index (χ2n) is 4.66. The Morgan fingerprint density at radius 2 is 2.06 bits per heavy atom. The standard InChI is InChI=1S/C12H24N2O3/c1-11(2)17-10-12(16)14-5-3-4-13(6-7-14)8-9-15/h11,15H,3-10H2,1-2H3. The van der Waals surface area contributed by atoms with Gasteiger partial charge in [0, 0.05) is 26.2 Å². The van der Waals surface area contributed by atoms with Crippen molar-refractivity contribution in [3.63, 3.8) is 0 Å². The molecule has 5 nitrogen and oxygen atoms in total. The monoisotopic (exact) mass is 244 g/mol. The molecule has 0 aromatic carbocycles. The van der Waals surface area contributed by atoms with Crippen molar-refractivity contribution in [1.82, 2.24) is 9.80 Å². The van der Waals surface area contributed by atoms with Crippen molar-refractivity contribution >= 4 is 5.91 Å². The van der Waals surface area contributed by atoms with Gasteiger partial charge in [0.25, 0.3) is 0 Å². The van der Waals surface area contributed by atoms with Gasteiger partial charge in [0.15, 0.2) is 0 Å².